The second-order valence-electron chi connectivity index (χ2n) is 7.86. The Bertz CT molecular complexity index is 1060. The van der Waals surface area contributed by atoms with E-state index < -0.39 is 0 Å². The van der Waals surface area contributed by atoms with Crippen LogP contribution in [0.2, 0.25) is 0 Å². The molecular weight excluding hydrogens is 374 g/mol. The highest BCUT2D eigenvalue weighted by Gasteiger charge is 2.35. The number of anilines is 1. The molecule has 0 saturated carbocycles. The third-order valence-corrected chi connectivity index (χ3v) is 5.89. The smallest absolute Gasteiger partial charge is 0.258 e. The zero-order valence-corrected chi connectivity index (χ0v) is 17.9. The van der Waals surface area contributed by atoms with Crippen molar-refractivity contribution in [1.29, 1.82) is 0 Å². The van der Waals surface area contributed by atoms with Gasteiger partial charge in [0, 0.05) is 23.2 Å². The second kappa shape index (κ2) is 8.23. The van der Waals surface area contributed by atoms with Crippen molar-refractivity contribution in [3.05, 3.63) is 89.0 Å². The van der Waals surface area contributed by atoms with Crippen LogP contribution in [0.25, 0.3) is 0 Å². The summed E-state index contributed by atoms with van der Waals surface area (Å²) in [5.74, 6) is 1.41. The Hall–Kier alpha value is -3.27. The van der Waals surface area contributed by atoms with E-state index in [9.17, 15) is 4.79 Å². The summed E-state index contributed by atoms with van der Waals surface area (Å²) in [5.41, 5.74) is 5.25. The summed E-state index contributed by atoms with van der Waals surface area (Å²) < 4.78 is 10.7. The lowest BCUT2D eigenvalue weighted by molar-refractivity contribution is 0.0974. The molecule has 30 heavy (non-hydrogen) atoms. The van der Waals surface area contributed by atoms with Crippen molar-refractivity contribution in [3.8, 4) is 11.5 Å². The molecule has 1 aliphatic heterocycles. The molecule has 0 fully saturated rings. The van der Waals surface area contributed by atoms with Gasteiger partial charge in [-0.25, -0.2) is 0 Å². The fourth-order valence-corrected chi connectivity index (χ4v) is 4.40. The Labute approximate surface area is 178 Å². The zero-order valence-electron chi connectivity index (χ0n) is 17.9. The highest BCUT2D eigenvalue weighted by atomic mass is 16.5. The first-order valence-corrected chi connectivity index (χ1v) is 10.2. The number of carbonyl (C=O) groups is 1. The lowest BCUT2D eigenvalue weighted by atomic mass is 9.80. The van der Waals surface area contributed by atoms with E-state index in [1.54, 1.807) is 32.4 Å². The highest BCUT2D eigenvalue weighted by molar-refractivity contribution is 6.07. The second-order valence-corrected chi connectivity index (χ2v) is 7.86. The molecule has 4 nitrogen and oxygen atoms in total. The zero-order chi connectivity index (χ0) is 21.3. The predicted octanol–water partition coefficient (Wildman–Crippen LogP) is 5.58. The molecule has 0 aromatic heterocycles. The summed E-state index contributed by atoms with van der Waals surface area (Å²) in [6, 6.07) is 22.3. The van der Waals surface area contributed by atoms with Crippen molar-refractivity contribution >= 4 is 11.6 Å². The number of nitrogens with zero attached hydrogens (tertiary/aromatic N) is 1. The van der Waals surface area contributed by atoms with Crippen LogP contribution < -0.4 is 14.4 Å². The molecule has 2 atom stereocenters. The molecule has 0 N–H and O–H groups in total. The number of rotatable bonds is 4. The minimum atomic E-state index is -0.0277. The Balaban J connectivity index is 1.78. The molecule has 0 spiro atoms. The summed E-state index contributed by atoms with van der Waals surface area (Å²) in [4.78, 5) is 15.5. The average Bonchev–Trinajstić information content (AvgIpc) is 2.78. The molecule has 4 heteroatoms. The van der Waals surface area contributed by atoms with Gasteiger partial charge in [-0.05, 0) is 55.7 Å². The van der Waals surface area contributed by atoms with Crippen LogP contribution in [0.3, 0.4) is 0 Å². The van der Waals surface area contributed by atoms with Gasteiger partial charge in [0.2, 0.25) is 0 Å². The van der Waals surface area contributed by atoms with Gasteiger partial charge in [-0.15, -0.1) is 0 Å². The number of hydrogen-bond acceptors (Lipinski definition) is 3. The number of methoxy groups -OCH3 is 2. The molecule has 1 amide bonds. The van der Waals surface area contributed by atoms with Crippen LogP contribution in [0.15, 0.2) is 66.7 Å². The number of aryl methyl sites for hydroxylation is 1. The molecule has 4 rings (SSSR count). The van der Waals surface area contributed by atoms with Crippen molar-refractivity contribution in [3.63, 3.8) is 0 Å². The van der Waals surface area contributed by atoms with Crippen molar-refractivity contribution in [1.82, 2.24) is 0 Å². The van der Waals surface area contributed by atoms with Crippen LogP contribution in [0.4, 0.5) is 5.69 Å². The Morgan fingerprint density at radius 2 is 1.67 bits per heavy atom. The van der Waals surface area contributed by atoms with Gasteiger partial charge in [-0.3, -0.25) is 4.79 Å². The van der Waals surface area contributed by atoms with Gasteiger partial charge >= 0.3 is 0 Å². The van der Waals surface area contributed by atoms with Crippen molar-refractivity contribution in [2.45, 2.75) is 32.2 Å². The standard InChI is InChI=1S/C26H27NO3/c1-17-10-12-23-22(14-17)21(19-8-6-5-7-9-19)15-18(2)27(23)26(28)20-11-13-24(29-3)25(16-20)30-4/h5-14,16,18,21H,15H2,1-4H3/t18-,21-/m0/s1. The first-order valence-electron chi connectivity index (χ1n) is 10.2. The molecular formula is C26H27NO3. The van der Waals surface area contributed by atoms with Gasteiger partial charge < -0.3 is 14.4 Å². The van der Waals surface area contributed by atoms with E-state index in [1.165, 1.54) is 16.7 Å². The van der Waals surface area contributed by atoms with Gasteiger partial charge in [0.15, 0.2) is 11.5 Å². The molecule has 154 valence electrons. The number of hydrogen-bond donors (Lipinski definition) is 0. The van der Waals surface area contributed by atoms with Crippen LogP contribution in [-0.2, 0) is 0 Å². The van der Waals surface area contributed by atoms with Crippen molar-refractivity contribution in [2.24, 2.45) is 0 Å². The lowest BCUT2D eigenvalue weighted by Crippen LogP contribution is -2.43. The summed E-state index contributed by atoms with van der Waals surface area (Å²) in [7, 11) is 3.17. The summed E-state index contributed by atoms with van der Waals surface area (Å²) in [6.45, 7) is 4.22. The van der Waals surface area contributed by atoms with E-state index in [2.05, 4.69) is 56.3 Å². The monoisotopic (exact) mass is 401 g/mol. The molecule has 0 bridgehead atoms. The summed E-state index contributed by atoms with van der Waals surface area (Å²) in [5, 5.41) is 0. The van der Waals surface area contributed by atoms with E-state index in [-0.39, 0.29) is 17.9 Å². The van der Waals surface area contributed by atoms with Crippen LogP contribution in [-0.4, -0.2) is 26.2 Å². The van der Waals surface area contributed by atoms with E-state index in [0.717, 1.165) is 12.1 Å². The van der Waals surface area contributed by atoms with Gasteiger partial charge in [-0.2, -0.15) is 0 Å². The van der Waals surface area contributed by atoms with Crippen LogP contribution in [0.5, 0.6) is 11.5 Å². The predicted molar refractivity (Wildman–Crippen MR) is 120 cm³/mol. The van der Waals surface area contributed by atoms with E-state index in [4.69, 9.17) is 9.47 Å². The largest absolute Gasteiger partial charge is 0.493 e. The summed E-state index contributed by atoms with van der Waals surface area (Å²) in [6.07, 6.45) is 0.875. The number of fused-ring (bicyclic) bond motifs is 1. The Morgan fingerprint density at radius 3 is 2.37 bits per heavy atom. The first kappa shape index (κ1) is 20.0. The van der Waals surface area contributed by atoms with E-state index in [0.29, 0.717) is 17.1 Å². The number of benzene rings is 3. The van der Waals surface area contributed by atoms with Crippen molar-refractivity contribution in [2.75, 3.05) is 19.1 Å². The van der Waals surface area contributed by atoms with Crippen LogP contribution in [0.1, 0.15) is 46.3 Å². The van der Waals surface area contributed by atoms with Gasteiger partial charge in [0.05, 0.1) is 14.2 Å². The molecule has 0 radical (unpaired) electrons. The molecule has 3 aromatic carbocycles. The molecule has 0 saturated heterocycles. The third-order valence-electron chi connectivity index (χ3n) is 5.89. The maximum Gasteiger partial charge on any atom is 0.258 e. The van der Waals surface area contributed by atoms with Crippen LogP contribution in [0, 0.1) is 6.92 Å². The van der Waals surface area contributed by atoms with Crippen LogP contribution >= 0.6 is 0 Å². The molecule has 1 heterocycles. The topological polar surface area (TPSA) is 38.8 Å². The molecule has 3 aromatic rings. The Kier molecular flexibility index (Phi) is 5.49. The number of ether oxygens (including phenoxy) is 2. The van der Waals surface area contributed by atoms with Gasteiger partial charge in [0.25, 0.3) is 5.91 Å². The normalized spacial score (nSPS) is 17.9. The quantitative estimate of drug-likeness (QED) is 0.573. The Morgan fingerprint density at radius 1 is 0.933 bits per heavy atom. The molecule has 0 aliphatic carbocycles. The minimum absolute atomic E-state index is 0.0277. The number of amides is 1. The maximum atomic E-state index is 13.6. The maximum absolute atomic E-state index is 13.6. The third kappa shape index (κ3) is 3.54. The van der Waals surface area contributed by atoms with E-state index >= 15 is 0 Å². The number of carbonyl (C=O) groups excluding carboxylic acids is 1. The van der Waals surface area contributed by atoms with E-state index in [1.807, 2.05) is 11.0 Å². The van der Waals surface area contributed by atoms with Gasteiger partial charge in [-0.1, -0.05) is 48.0 Å². The highest BCUT2D eigenvalue weighted by Crippen LogP contribution is 2.43. The minimum Gasteiger partial charge on any atom is -0.493 e. The molecule has 1 aliphatic rings. The van der Waals surface area contributed by atoms with Gasteiger partial charge in [0.1, 0.15) is 0 Å². The fourth-order valence-electron chi connectivity index (χ4n) is 4.40. The van der Waals surface area contributed by atoms with Crippen molar-refractivity contribution < 1.29 is 14.3 Å². The fraction of sp³-hybridized carbons (Fsp3) is 0.269. The average molecular weight is 402 g/mol. The lowest BCUT2D eigenvalue weighted by Gasteiger charge is -2.40. The molecule has 0 unspecified atom stereocenters. The summed E-state index contributed by atoms with van der Waals surface area (Å²) >= 11 is 0. The first-order chi connectivity index (χ1) is 14.5. The SMILES string of the molecule is COc1ccc(C(=O)N2c3ccc(C)cc3[C@H](c3ccccc3)C[C@@H]2C)cc1OC.